The maximum absolute atomic E-state index is 13.1. The minimum atomic E-state index is -4.78. The van der Waals surface area contributed by atoms with E-state index in [9.17, 15) is 27.6 Å². The molecule has 2 aromatic heterocycles. The first-order valence-corrected chi connectivity index (χ1v) is 11.1. The van der Waals surface area contributed by atoms with Crippen LogP contribution in [0.4, 0.5) is 19.1 Å². The van der Waals surface area contributed by atoms with Crippen molar-refractivity contribution in [3.8, 4) is 0 Å². The van der Waals surface area contributed by atoms with Crippen LogP contribution in [0.25, 0.3) is 0 Å². The van der Waals surface area contributed by atoms with Crippen molar-refractivity contribution in [1.82, 2.24) is 35.3 Å². The van der Waals surface area contributed by atoms with Crippen LogP contribution in [0.1, 0.15) is 40.5 Å². The number of rotatable bonds is 5. The number of H-pyrrole nitrogens is 1. The summed E-state index contributed by atoms with van der Waals surface area (Å²) in [6, 6.07) is 0.297. The Hall–Kier alpha value is -3.55. The minimum Gasteiger partial charge on any atom is -0.355 e. The molecule has 2 aliphatic heterocycles. The molecule has 14 heteroatoms. The monoisotopic (exact) mass is 494 g/mol. The number of likely N-dealkylation sites (tertiary alicyclic amines) is 1. The zero-order valence-corrected chi connectivity index (χ0v) is 19.0. The molecular weight excluding hydrogens is 469 g/mol. The Balaban J connectivity index is 1.35. The number of nitrogens with one attached hydrogen (secondary N) is 2. The van der Waals surface area contributed by atoms with Gasteiger partial charge in [-0.05, 0) is 25.5 Å². The summed E-state index contributed by atoms with van der Waals surface area (Å²) in [6.45, 7) is 2.48. The Morgan fingerprint density at radius 3 is 2.46 bits per heavy atom. The Bertz CT molecular complexity index is 1130. The second-order valence-corrected chi connectivity index (χ2v) is 8.38. The molecule has 1 unspecified atom stereocenters. The fourth-order valence-corrected chi connectivity index (χ4v) is 4.33. The molecule has 4 heterocycles. The van der Waals surface area contributed by atoms with Crippen LogP contribution in [-0.2, 0) is 11.0 Å². The predicted molar refractivity (Wildman–Crippen MR) is 118 cm³/mol. The van der Waals surface area contributed by atoms with Crippen LogP contribution < -0.4 is 15.8 Å². The molecule has 0 aliphatic carbocycles. The maximum Gasteiger partial charge on any atom is 0.421 e. The second kappa shape index (κ2) is 9.98. The number of aromatic nitrogens is 4. The van der Waals surface area contributed by atoms with Crippen molar-refractivity contribution in [1.29, 1.82) is 0 Å². The fourth-order valence-electron chi connectivity index (χ4n) is 4.33. The van der Waals surface area contributed by atoms with Gasteiger partial charge in [0.1, 0.15) is 5.56 Å². The van der Waals surface area contributed by atoms with Crippen LogP contribution in [0, 0.1) is 0 Å². The van der Waals surface area contributed by atoms with Crippen molar-refractivity contribution in [2.45, 2.75) is 25.1 Å². The highest BCUT2D eigenvalue weighted by molar-refractivity contribution is 5.93. The van der Waals surface area contributed by atoms with Gasteiger partial charge in [-0.25, -0.2) is 15.1 Å². The van der Waals surface area contributed by atoms with Gasteiger partial charge in [0, 0.05) is 45.6 Å². The normalized spacial score (nSPS) is 19.1. The quantitative estimate of drug-likeness (QED) is 0.613. The Morgan fingerprint density at radius 1 is 1.14 bits per heavy atom. The third kappa shape index (κ3) is 5.42. The van der Waals surface area contributed by atoms with Gasteiger partial charge in [-0.1, -0.05) is 0 Å². The summed E-state index contributed by atoms with van der Waals surface area (Å²) in [5, 5.41) is 8.26. The predicted octanol–water partition coefficient (Wildman–Crippen LogP) is 0.424. The van der Waals surface area contributed by atoms with Crippen molar-refractivity contribution in [2.24, 2.45) is 0 Å². The molecular formula is C21H25F3N8O3. The van der Waals surface area contributed by atoms with E-state index in [0.29, 0.717) is 57.1 Å². The molecule has 2 amide bonds. The summed E-state index contributed by atoms with van der Waals surface area (Å²) >= 11 is 0. The van der Waals surface area contributed by atoms with Crippen LogP contribution in [-0.4, -0.2) is 88.1 Å². The lowest BCUT2D eigenvalue weighted by molar-refractivity contribution is -0.139. The number of carbonyl (C=O) groups excluding carboxylic acids is 2. The zero-order chi connectivity index (χ0) is 25.2. The van der Waals surface area contributed by atoms with Gasteiger partial charge < -0.3 is 15.1 Å². The van der Waals surface area contributed by atoms with E-state index in [2.05, 4.69) is 20.4 Å². The van der Waals surface area contributed by atoms with Crippen molar-refractivity contribution in [3.63, 3.8) is 0 Å². The van der Waals surface area contributed by atoms with E-state index in [-0.39, 0.29) is 24.1 Å². The van der Waals surface area contributed by atoms with Gasteiger partial charge in [0.25, 0.3) is 11.5 Å². The molecule has 4 rings (SSSR count). The first kappa shape index (κ1) is 24.6. The molecule has 188 valence electrons. The third-order valence-corrected chi connectivity index (χ3v) is 6.21. The molecule has 2 fully saturated rings. The van der Waals surface area contributed by atoms with Crippen molar-refractivity contribution < 1.29 is 22.8 Å². The summed E-state index contributed by atoms with van der Waals surface area (Å²) in [4.78, 5) is 50.0. The molecule has 0 radical (unpaired) electrons. The number of aromatic amines is 1. The summed E-state index contributed by atoms with van der Waals surface area (Å²) in [7, 11) is 1.52. The number of hydrogen-bond acceptors (Lipinski definition) is 8. The third-order valence-electron chi connectivity index (χ3n) is 6.21. The Morgan fingerprint density at radius 2 is 1.83 bits per heavy atom. The zero-order valence-electron chi connectivity index (χ0n) is 19.0. The van der Waals surface area contributed by atoms with Gasteiger partial charge in [-0.3, -0.25) is 19.3 Å². The Kier molecular flexibility index (Phi) is 7.00. The van der Waals surface area contributed by atoms with Crippen LogP contribution in [0.15, 0.2) is 23.3 Å². The molecule has 35 heavy (non-hydrogen) atoms. The average Bonchev–Trinajstić information content (AvgIpc) is 3.31. The molecule has 1 atom stereocenters. The molecule has 2 aromatic rings. The highest BCUT2D eigenvalue weighted by atomic mass is 19.4. The SMILES string of the molecule is CNC(=O)c1cnc(N2CCN(C(=O)CN3CCCC3c3cc(C(F)(F)F)c(=O)[nH]n3)CC2)nc1. The number of piperazine rings is 1. The topological polar surface area (TPSA) is 127 Å². The van der Waals surface area contributed by atoms with Gasteiger partial charge in [0.15, 0.2) is 0 Å². The van der Waals surface area contributed by atoms with E-state index in [1.807, 2.05) is 10.00 Å². The van der Waals surface area contributed by atoms with Crippen LogP contribution in [0.2, 0.25) is 0 Å². The van der Waals surface area contributed by atoms with E-state index in [4.69, 9.17) is 0 Å². The summed E-state index contributed by atoms with van der Waals surface area (Å²) < 4.78 is 39.4. The minimum absolute atomic E-state index is 0.0458. The highest BCUT2D eigenvalue weighted by Gasteiger charge is 2.37. The van der Waals surface area contributed by atoms with Gasteiger partial charge in [0.05, 0.1) is 23.8 Å². The molecule has 0 saturated carbocycles. The lowest BCUT2D eigenvalue weighted by Crippen LogP contribution is -2.51. The van der Waals surface area contributed by atoms with E-state index in [0.717, 1.165) is 6.07 Å². The molecule has 2 aliphatic rings. The number of nitrogens with zero attached hydrogens (tertiary/aromatic N) is 6. The van der Waals surface area contributed by atoms with Crippen molar-refractivity contribution in [2.75, 3.05) is 51.2 Å². The molecule has 2 saturated heterocycles. The second-order valence-electron chi connectivity index (χ2n) is 8.38. The lowest BCUT2D eigenvalue weighted by atomic mass is 10.1. The van der Waals surface area contributed by atoms with Crippen molar-refractivity contribution >= 4 is 17.8 Å². The molecule has 11 nitrogen and oxygen atoms in total. The summed E-state index contributed by atoms with van der Waals surface area (Å²) in [6.07, 6.45) is -0.642. The number of carbonyl (C=O) groups is 2. The number of hydrogen-bond donors (Lipinski definition) is 2. The number of alkyl halides is 3. The first-order chi connectivity index (χ1) is 16.7. The number of anilines is 1. The number of halogens is 3. The molecule has 2 N–H and O–H groups in total. The molecule has 0 bridgehead atoms. The van der Waals surface area contributed by atoms with Crippen molar-refractivity contribution in [3.05, 3.63) is 45.6 Å². The number of amides is 2. The summed E-state index contributed by atoms with van der Waals surface area (Å²) in [5.41, 5.74) is -2.12. The van der Waals surface area contributed by atoms with Gasteiger partial charge in [0.2, 0.25) is 11.9 Å². The van der Waals surface area contributed by atoms with E-state index in [1.165, 1.54) is 19.4 Å². The maximum atomic E-state index is 13.1. The van der Waals surface area contributed by atoms with E-state index in [1.54, 1.807) is 9.80 Å². The smallest absolute Gasteiger partial charge is 0.355 e. The van der Waals surface area contributed by atoms with Gasteiger partial charge >= 0.3 is 6.18 Å². The fraction of sp³-hybridized carbons (Fsp3) is 0.524. The average molecular weight is 494 g/mol. The van der Waals surface area contributed by atoms with Gasteiger partial charge in [-0.2, -0.15) is 18.3 Å². The lowest BCUT2D eigenvalue weighted by Gasteiger charge is -2.36. The standard InChI is InChI=1S/C21H25F3N8O3/c1-25-18(34)13-10-26-20(27-11-13)31-7-5-30(6-8-31)17(33)12-32-4-2-3-16(32)15-9-14(21(22,23)24)19(35)29-28-15/h9-11,16H,2-8,12H2,1H3,(H,25,34)(H,29,35). The Labute approximate surface area is 198 Å². The van der Waals surface area contributed by atoms with Crippen LogP contribution >= 0.6 is 0 Å². The highest BCUT2D eigenvalue weighted by Crippen LogP contribution is 2.33. The first-order valence-electron chi connectivity index (χ1n) is 11.1. The summed E-state index contributed by atoms with van der Waals surface area (Å²) in [5.74, 6) is 0.0562. The van der Waals surface area contributed by atoms with E-state index < -0.39 is 23.3 Å². The molecule has 0 aromatic carbocycles. The van der Waals surface area contributed by atoms with Crippen LogP contribution in [0.3, 0.4) is 0 Å². The van der Waals surface area contributed by atoms with Crippen LogP contribution in [0.5, 0.6) is 0 Å². The molecule has 0 spiro atoms. The van der Waals surface area contributed by atoms with E-state index >= 15 is 0 Å². The largest absolute Gasteiger partial charge is 0.421 e. The van der Waals surface area contributed by atoms with Gasteiger partial charge in [-0.15, -0.1) is 0 Å².